The van der Waals surface area contributed by atoms with E-state index in [0.717, 1.165) is 5.56 Å². The van der Waals surface area contributed by atoms with Crippen LogP contribution in [0.4, 0.5) is 0 Å². The van der Waals surface area contributed by atoms with E-state index in [-0.39, 0.29) is 12.8 Å². The number of carboxylic acid groups (broad SMARTS) is 2. The molecule has 0 saturated heterocycles. The number of hydrogen-bond acceptors (Lipinski definition) is 5. The Balaban J connectivity index is 2.56. The zero-order valence-electron chi connectivity index (χ0n) is 10.1. The molecule has 0 heterocycles. The van der Waals surface area contributed by atoms with Gasteiger partial charge >= 0.3 is 0 Å². The first-order valence-electron chi connectivity index (χ1n) is 5.73. The Morgan fingerprint density at radius 2 is 1.68 bits per heavy atom. The Kier molecular flexibility index (Phi) is 5.53. The van der Waals surface area contributed by atoms with Gasteiger partial charge < -0.3 is 25.1 Å². The summed E-state index contributed by atoms with van der Waals surface area (Å²) in [5, 5.41) is 23.3. The van der Waals surface area contributed by atoms with Gasteiger partial charge in [0.25, 0.3) is 0 Å². The highest BCUT2D eigenvalue weighted by Gasteiger charge is 2.13. The van der Waals surface area contributed by atoms with Gasteiger partial charge in [-0.15, -0.1) is 0 Å². The van der Waals surface area contributed by atoms with E-state index in [2.05, 4.69) is 5.32 Å². The molecule has 1 amide bonds. The summed E-state index contributed by atoms with van der Waals surface area (Å²) in [6.45, 7) is 0. The second-order valence-electron chi connectivity index (χ2n) is 4.00. The molecule has 6 nitrogen and oxygen atoms in total. The molecule has 0 bridgehead atoms. The molecule has 0 aliphatic rings. The lowest BCUT2D eigenvalue weighted by atomic mass is 10.1. The van der Waals surface area contributed by atoms with Gasteiger partial charge in [-0.25, -0.2) is 0 Å². The van der Waals surface area contributed by atoms with Crippen LogP contribution in [0.5, 0.6) is 0 Å². The van der Waals surface area contributed by atoms with Gasteiger partial charge in [0.2, 0.25) is 5.91 Å². The number of benzene rings is 1. The molecule has 1 rings (SSSR count). The van der Waals surface area contributed by atoms with Crippen LogP contribution in [-0.2, 0) is 20.8 Å². The second-order valence-corrected chi connectivity index (χ2v) is 4.00. The third kappa shape index (κ3) is 5.67. The van der Waals surface area contributed by atoms with Crippen molar-refractivity contribution in [2.45, 2.75) is 25.3 Å². The van der Waals surface area contributed by atoms with E-state index < -0.39 is 30.3 Å². The van der Waals surface area contributed by atoms with Gasteiger partial charge in [0, 0.05) is 12.4 Å². The summed E-state index contributed by atoms with van der Waals surface area (Å²) < 4.78 is 0. The quantitative estimate of drug-likeness (QED) is 0.611. The normalized spacial score (nSPS) is 11.6. The van der Waals surface area contributed by atoms with Crippen LogP contribution < -0.4 is 15.5 Å². The Hall–Kier alpha value is -2.37. The molecular formula is C13H13NO5-2. The molecule has 0 radical (unpaired) electrons. The van der Waals surface area contributed by atoms with Crippen molar-refractivity contribution >= 4 is 17.8 Å². The van der Waals surface area contributed by atoms with Crippen LogP contribution >= 0.6 is 0 Å². The highest BCUT2D eigenvalue weighted by Crippen LogP contribution is 2.03. The van der Waals surface area contributed by atoms with E-state index in [1.54, 1.807) is 30.3 Å². The Bertz CT molecular complexity index is 457. The summed E-state index contributed by atoms with van der Waals surface area (Å²) in [5.74, 6) is -3.43. The average Bonchev–Trinajstić information content (AvgIpc) is 2.36. The number of aliphatic carboxylic acids is 2. The van der Waals surface area contributed by atoms with E-state index in [9.17, 15) is 24.6 Å². The fraction of sp³-hybridized carbons (Fsp3) is 0.308. The van der Waals surface area contributed by atoms with Crippen LogP contribution in [0.3, 0.4) is 0 Å². The Morgan fingerprint density at radius 1 is 1.05 bits per heavy atom. The fourth-order valence-electron chi connectivity index (χ4n) is 1.53. The van der Waals surface area contributed by atoms with Crippen molar-refractivity contribution in [3.05, 3.63) is 35.9 Å². The molecule has 102 valence electrons. The smallest absolute Gasteiger partial charge is 0.220 e. The number of carbonyl (C=O) groups excluding carboxylic acids is 3. The van der Waals surface area contributed by atoms with E-state index in [4.69, 9.17) is 0 Å². The zero-order chi connectivity index (χ0) is 14.3. The third-order valence-corrected chi connectivity index (χ3v) is 2.46. The van der Waals surface area contributed by atoms with Gasteiger partial charge in [-0.3, -0.25) is 4.79 Å². The molecule has 6 heteroatoms. The Morgan fingerprint density at radius 3 is 2.21 bits per heavy atom. The van der Waals surface area contributed by atoms with Crippen LogP contribution in [0.1, 0.15) is 18.4 Å². The maximum absolute atomic E-state index is 11.4. The summed E-state index contributed by atoms with van der Waals surface area (Å²) >= 11 is 0. The van der Waals surface area contributed by atoms with Crippen LogP contribution in [0.15, 0.2) is 30.3 Å². The predicted octanol–water partition coefficient (Wildman–Crippen LogP) is -2.01. The lowest BCUT2D eigenvalue weighted by molar-refractivity contribution is -0.308. The van der Waals surface area contributed by atoms with Gasteiger partial charge in [-0.05, 0) is 18.4 Å². The lowest BCUT2D eigenvalue weighted by Gasteiger charge is -2.20. The molecule has 1 aromatic carbocycles. The third-order valence-electron chi connectivity index (χ3n) is 2.46. The van der Waals surface area contributed by atoms with Crippen LogP contribution in [-0.4, -0.2) is 23.9 Å². The van der Waals surface area contributed by atoms with Crippen molar-refractivity contribution in [3.8, 4) is 0 Å². The molecule has 1 N–H and O–H groups in total. The molecule has 0 spiro atoms. The fourth-order valence-corrected chi connectivity index (χ4v) is 1.53. The van der Waals surface area contributed by atoms with Gasteiger partial charge in [0.15, 0.2) is 0 Å². The SMILES string of the molecule is O=C([O-])CCC(=O)N[C@H](Cc1ccccc1)C(=O)[O-]. The van der Waals surface area contributed by atoms with E-state index >= 15 is 0 Å². The molecule has 0 aliphatic heterocycles. The van der Waals surface area contributed by atoms with E-state index in [1.165, 1.54) is 0 Å². The number of carboxylic acids is 2. The van der Waals surface area contributed by atoms with Crippen LogP contribution in [0.25, 0.3) is 0 Å². The van der Waals surface area contributed by atoms with Crippen LogP contribution in [0, 0.1) is 0 Å². The van der Waals surface area contributed by atoms with Crippen molar-refractivity contribution in [1.82, 2.24) is 5.32 Å². The first kappa shape index (κ1) is 14.7. The van der Waals surface area contributed by atoms with Gasteiger partial charge in [-0.1, -0.05) is 30.3 Å². The molecule has 0 unspecified atom stereocenters. The summed E-state index contributed by atoms with van der Waals surface area (Å²) in [7, 11) is 0. The summed E-state index contributed by atoms with van der Waals surface area (Å²) in [5.41, 5.74) is 0.733. The maximum Gasteiger partial charge on any atom is 0.220 e. The minimum atomic E-state index is -1.41. The van der Waals surface area contributed by atoms with E-state index in [1.807, 2.05) is 0 Å². The molecular weight excluding hydrogens is 250 g/mol. The highest BCUT2D eigenvalue weighted by atomic mass is 16.4. The predicted molar refractivity (Wildman–Crippen MR) is 61.3 cm³/mol. The monoisotopic (exact) mass is 263 g/mol. The molecule has 0 saturated carbocycles. The molecule has 1 aromatic rings. The van der Waals surface area contributed by atoms with Crippen molar-refractivity contribution in [2.24, 2.45) is 0 Å². The highest BCUT2D eigenvalue weighted by molar-refractivity contribution is 5.84. The summed E-state index contributed by atoms with van der Waals surface area (Å²) in [6, 6.07) is 7.55. The minimum absolute atomic E-state index is 0.0836. The Labute approximate surface area is 110 Å². The molecule has 0 aromatic heterocycles. The minimum Gasteiger partial charge on any atom is -0.550 e. The van der Waals surface area contributed by atoms with Gasteiger partial charge in [-0.2, -0.15) is 0 Å². The summed E-state index contributed by atoms with van der Waals surface area (Å²) in [6.07, 6.45) is -0.682. The second kappa shape index (κ2) is 7.15. The van der Waals surface area contributed by atoms with Crippen molar-refractivity contribution < 1.29 is 24.6 Å². The first-order valence-corrected chi connectivity index (χ1v) is 5.73. The largest absolute Gasteiger partial charge is 0.550 e. The maximum atomic E-state index is 11.4. The number of rotatable bonds is 7. The molecule has 0 fully saturated rings. The zero-order valence-corrected chi connectivity index (χ0v) is 10.1. The number of amides is 1. The van der Waals surface area contributed by atoms with Gasteiger partial charge in [0.05, 0.1) is 12.0 Å². The van der Waals surface area contributed by atoms with Gasteiger partial charge in [0.1, 0.15) is 0 Å². The van der Waals surface area contributed by atoms with Crippen molar-refractivity contribution in [3.63, 3.8) is 0 Å². The first-order chi connectivity index (χ1) is 8.99. The number of hydrogen-bond donors (Lipinski definition) is 1. The average molecular weight is 263 g/mol. The number of carbonyl (C=O) groups is 3. The molecule has 0 aliphatic carbocycles. The topological polar surface area (TPSA) is 109 Å². The van der Waals surface area contributed by atoms with Crippen molar-refractivity contribution in [2.75, 3.05) is 0 Å². The summed E-state index contributed by atoms with van der Waals surface area (Å²) in [4.78, 5) is 32.5. The van der Waals surface area contributed by atoms with Crippen molar-refractivity contribution in [1.29, 1.82) is 0 Å². The molecule has 19 heavy (non-hydrogen) atoms. The molecule has 1 atom stereocenters. The van der Waals surface area contributed by atoms with Crippen LogP contribution in [0.2, 0.25) is 0 Å². The number of nitrogens with one attached hydrogen (secondary N) is 1. The lowest BCUT2D eigenvalue weighted by Crippen LogP contribution is -2.49. The standard InChI is InChI=1S/C13H15NO5/c15-11(6-7-12(16)17)14-10(13(18)19)8-9-4-2-1-3-5-9/h1-5,10H,6-8H2,(H,14,15)(H,16,17)(H,18,19)/p-2/t10-/m1/s1. The van der Waals surface area contributed by atoms with E-state index in [0.29, 0.717) is 0 Å².